The molecule has 3 nitrogen and oxygen atoms in total. The molecule has 0 N–H and O–H groups in total. The Balaban J connectivity index is 2.33. The zero-order chi connectivity index (χ0) is 7.40. The highest BCUT2D eigenvalue weighted by Gasteiger charge is 2.16. The van der Waals surface area contributed by atoms with Crippen LogP contribution in [0.2, 0.25) is 0 Å². The number of hydrogen-bond acceptors (Lipinski definition) is 3. The molecule has 1 atom stereocenters. The van der Waals surface area contributed by atoms with Crippen LogP contribution in [0.5, 0.6) is 0 Å². The Morgan fingerprint density at radius 2 is 2.60 bits per heavy atom. The molecule has 0 saturated heterocycles. The van der Waals surface area contributed by atoms with E-state index in [2.05, 4.69) is 11.9 Å². The fourth-order valence-electron chi connectivity index (χ4n) is 0.874. The molecule has 0 bridgehead atoms. The van der Waals surface area contributed by atoms with Gasteiger partial charge in [0.05, 0.1) is 0 Å². The van der Waals surface area contributed by atoms with Crippen LogP contribution in [0.3, 0.4) is 0 Å². The number of aliphatic imine (C=N–C) groups is 1. The van der Waals surface area contributed by atoms with Crippen molar-refractivity contribution in [1.82, 2.24) is 0 Å². The van der Waals surface area contributed by atoms with Crippen LogP contribution in [0.25, 0.3) is 0 Å². The summed E-state index contributed by atoms with van der Waals surface area (Å²) in [4.78, 5) is 4.17. The van der Waals surface area contributed by atoms with Gasteiger partial charge < -0.3 is 9.47 Å². The quantitative estimate of drug-likeness (QED) is 0.594. The summed E-state index contributed by atoms with van der Waals surface area (Å²) in [5.74, 6) is 0.842. The van der Waals surface area contributed by atoms with Gasteiger partial charge in [-0.05, 0) is 6.42 Å². The Hall–Kier alpha value is -0.570. The van der Waals surface area contributed by atoms with E-state index in [0.717, 1.165) is 18.7 Å². The molecular weight excluding hydrogens is 130 g/mol. The summed E-state index contributed by atoms with van der Waals surface area (Å²) < 4.78 is 10.2. The average Bonchev–Trinajstić information content (AvgIpc) is 2.37. The van der Waals surface area contributed by atoms with Gasteiger partial charge in [0.2, 0.25) is 0 Å². The number of nitrogens with zero attached hydrogens (tertiary/aromatic N) is 1. The SMILES string of the molecule is CCCC1=NC(OC)CO1. The van der Waals surface area contributed by atoms with Gasteiger partial charge in [-0.15, -0.1) is 0 Å². The number of hydrogen-bond donors (Lipinski definition) is 0. The van der Waals surface area contributed by atoms with Gasteiger partial charge in [0.15, 0.2) is 12.1 Å². The Morgan fingerprint density at radius 3 is 3.10 bits per heavy atom. The smallest absolute Gasteiger partial charge is 0.186 e. The van der Waals surface area contributed by atoms with Crippen molar-refractivity contribution < 1.29 is 9.47 Å². The summed E-state index contributed by atoms with van der Waals surface area (Å²) in [5.41, 5.74) is 0. The standard InChI is InChI=1S/C7H13NO2/c1-3-4-6-8-7(9-2)5-10-6/h7H,3-5H2,1-2H3. The van der Waals surface area contributed by atoms with Crippen molar-refractivity contribution >= 4 is 5.90 Å². The molecular formula is C7H13NO2. The van der Waals surface area contributed by atoms with E-state index in [9.17, 15) is 0 Å². The van der Waals surface area contributed by atoms with Crippen molar-refractivity contribution in [1.29, 1.82) is 0 Å². The summed E-state index contributed by atoms with van der Waals surface area (Å²) in [6.45, 7) is 2.69. The Labute approximate surface area is 61.0 Å². The summed E-state index contributed by atoms with van der Waals surface area (Å²) in [7, 11) is 1.65. The van der Waals surface area contributed by atoms with Gasteiger partial charge in [-0.1, -0.05) is 6.92 Å². The van der Waals surface area contributed by atoms with E-state index in [1.165, 1.54) is 0 Å². The van der Waals surface area contributed by atoms with Crippen molar-refractivity contribution in [3.63, 3.8) is 0 Å². The van der Waals surface area contributed by atoms with E-state index in [1.54, 1.807) is 7.11 Å². The summed E-state index contributed by atoms with van der Waals surface area (Å²) in [6, 6.07) is 0. The van der Waals surface area contributed by atoms with Gasteiger partial charge in [-0.25, -0.2) is 4.99 Å². The number of ether oxygens (including phenoxy) is 2. The lowest BCUT2D eigenvalue weighted by Crippen LogP contribution is -2.07. The second kappa shape index (κ2) is 3.56. The van der Waals surface area contributed by atoms with Crippen molar-refractivity contribution in [3.8, 4) is 0 Å². The molecule has 0 aromatic carbocycles. The van der Waals surface area contributed by atoms with Crippen LogP contribution in [0, 0.1) is 0 Å². The first kappa shape index (κ1) is 7.54. The van der Waals surface area contributed by atoms with Crippen LogP contribution in [-0.4, -0.2) is 25.8 Å². The third kappa shape index (κ3) is 1.70. The molecule has 0 aliphatic carbocycles. The molecule has 0 aromatic heterocycles. The van der Waals surface area contributed by atoms with Gasteiger partial charge in [0.1, 0.15) is 6.61 Å². The van der Waals surface area contributed by atoms with E-state index in [-0.39, 0.29) is 6.23 Å². The normalized spacial score (nSPS) is 24.2. The first-order chi connectivity index (χ1) is 4.86. The lowest BCUT2D eigenvalue weighted by atomic mass is 10.3. The van der Waals surface area contributed by atoms with Crippen molar-refractivity contribution in [2.75, 3.05) is 13.7 Å². The second-order valence-electron chi connectivity index (χ2n) is 2.27. The summed E-state index contributed by atoms with van der Waals surface area (Å²) in [5, 5.41) is 0. The molecule has 0 saturated carbocycles. The minimum Gasteiger partial charge on any atom is -0.476 e. The third-order valence-electron chi connectivity index (χ3n) is 1.42. The Kier molecular flexibility index (Phi) is 2.68. The highest BCUT2D eigenvalue weighted by atomic mass is 16.6. The largest absolute Gasteiger partial charge is 0.476 e. The molecule has 1 aliphatic rings. The highest BCUT2D eigenvalue weighted by molar-refractivity contribution is 5.77. The zero-order valence-electron chi connectivity index (χ0n) is 6.46. The molecule has 58 valence electrons. The fraction of sp³-hybridized carbons (Fsp3) is 0.857. The summed E-state index contributed by atoms with van der Waals surface area (Å²) in [6.07, 6.45) is 1.95. The second-order valence-corrected chi connectivity index (χ2v) is 2.27. The molecule has 1 heterocycles. The highest BCUT2D eigenvalue weighted by Crippen LogP contribution is 2.07. The monoisotopic (exact) mass is 143 g/mol. The number of methoxy groups -OCH3 is 1. The maximum absolute atomic E-state index is 5.22. The number of rotatable bonds is 3. The first-order valence-corrected chi connectivity index (χ1v) is 3.59. The van der Waals surface area contributed by atoms with Crippen LogP contribution in [0.15, 0.2) is 4.99 Å². The molecule has 0 amide bonds. The van der Waals surface area contributed by atoms with Gasteiger partial charge in [0, 0.05) is 13.5 Å². The average molecular weight is 143 g/mol. The molecule has 0 fully saturated rings. The minimum absolute atomic E-state index is 0.0541. The zero-order valence-corrected chi connectivity index (χ0v) is 6.46. The van der Waals surface area contributed by atoms with Crippen molar-refractivity contribution in [2.45, 2.75) is 26.0 Å². The Morgan fingerprint density at radius 1 is 1.80 bits per heavy atom. The van der Waals surface area contributed by atoms with Gasteiger partial charge in [0.25, 0.3) is 0 Å². The van der Waals surface area contributed by atoms with Crippen molar-refractivity contribution in [2.24, 2.45) is 4.99 Å². The maximum atomic E-state index is 5.22. The molecule has 0 aromatic rings. The van der Waals surface area contributed by atoms with Gasteiger partial charge >= 0.3 is 0 Å². The molecule has 0 radical (unpaired) electrons. The molecule has 0 spiro atoms. The molecule has 10 heavy (non-hydrogen) atoms. The van der Waals surface area contributed by atoms with Crippen LogP contribution in [-0.2, 0) is 9.47 Å². The van der Waals surface area contributed by atoms with Crippen LogP contribution >= 0.6 is 0 Å². The lowest BCUT2D eigenvalue weighted by Gasteiger charge is -1.98. The van der Waals surface area contributed by atoms with E-state index in [4.69, 9.17) is 9.47 Å². The van der Waals surface area contributed by atoms with E-state index in [0.29, 0.717) is 6.61 Å². The molecule has 3 heteroatoms. The van der Waals surface area contributed by atoms with E-state index in [1.807, 2.05) is 0 Å². The van der Waals surface area contributed by atoms with Crippen LogP contribution in [0.1, 0.15) is 19.8 Å². The van der Waals surface area contributed by atoms with Gasteiger partial charge in [-0.2, -0.15) is 0 Å². The van der Waals surface area contributed by atoms with Gasteiger partial charge in [-0.3, -0.25) is 0 Å². The van der Waals surface area contributed by atoms with Crippen LogP contribution < -0.4 is 0 Å². The van der Waals surface area contributed by atoms with E-state index < -0.39 is 0 Å². The van der Waals surface area contributed by atoms with Crippen LogP contribution in [0.4, 0.5) is 0 Å². The predicted molar refractivity (Wildman–Crippen MR) is 39.1 cm³/mol. The first-order valence-electron chi connectivity index (χ1n) is 3.59. The molecule has 1 aliphatic heterocycles. The maximum Gasteiger partial charge on any atom is 0.186 e. The molecule has 1 unspecified atom stereocenters. The molecule has 1 rings (SSSR count). The minimum atomic E-state index is -0.0541. The topological polar surface area (TPSA) is 30.8 Å². The fourth-order valence-corrected chi connectivity index (χ4v) is 0.874. The predicted octanol–water partition coefficient (Wildman–Crippen LogP) is 1.19. The lowest BCUT2D eigenvalue weighted by molar-refractivity contribution is 0.0829. The van der Waals surface area contributed by atoms with Crippen molar-refractivity contribution in [3.05, 3.63) is 0 Å². The third-order valence-corrected chi connectivity index (χ3v) is 1.42. The summed E-state index contributed by atoms with van der Waals surface area (Å²) >= 11 is 0. The Bertz CT molecular complexity index is 134. The van der Waals surface area contributed by atoms with E-state index >= 15 is 0 Å².